The summed E-state index contributed by atoms with van der Waals surface area (Å²) in [5.74, 6) is -1.48. The van der Waals surface area contributed by atoms with E-state index in [1.165, 1.54) is 30.3 Å². The van der Waals surface area contributed by atoms with E-state index in [-0.39, 0.29) is 26.2 Å². The van der Waals surface area contributed by atoms with Gasteiger partial charge in [-0.05, 0) is 41.8 Å². The average Bonchev–Trinajstić information content (AvgIpc) is 3.14. The topological polar surface area (TPSA) is 75.3 Å². The second-order valence-corrected chi connectivity index (χ2v) is 8.45. The van der Waals surface area contributed by atoms with Crippen molar-refractivity contribution in [2.45, 2.75) is 4.21 Å². The van der Waals surface area contributed by atoms with E-state index in [2.05, 4.69) is 10.0 Å². The molecule has 0 saturated heterocycles. The molecule has 0 aliphatic heterocycles. The lowest BCUT2D eigenvalue weighted by Gasteiger charge is -2.13. The summed E-state index contributed by atoms with van der Waals surface area (Å²) in [4.78, 5) is 12.3. The molecule has 1 heterocycles. The van der Waals surface area contributed by atoms with Gasteiger partial charge in [-0.15, -0.1) is 11.3 Å². The van der Waals surface area contributed by atoms with E-state index in [9.17, 15) is 17.6 Å². The second kappa shape index (κ2) is 7.45. The molecule has 0 radical (unpaired) electrons. The Kier molecular flexibility index (Phi) is 5.26. The predicted molar refractivity (Wildman–Crippen MR) is 101 cm³/mol. The molecule has 134 valence electrons. The normalized spacial score (nSPS) is 11.2. The summed E-state index contributed by atoms with van der Waals surface area (Å²) in [5, 5.41) is 4.36. The number of hydrogen-bond donors (Lipinski definition) is 2. The SMILES string of the molecule is O=C(Nc1ccccc1NS(=O)(=O)c1cccs1)c1cc(Cl)ccc1F. The molecule has 0 fully saturated rings. The number of halogens is 2. The molecule has 9 heteroatoms. The minimum absolute atomic E-state index is 0.138. The van der Waals surface area contributed by atoms with Crippen LogP contribution >= 0.6 is 22.9 Å². The van der Waals surface area contributed by atoms with Gasteiger partial charge in [0, 0.05) is 5.02 Å². The summed E-state index contributed by atoms with van der Waals surface area (Å²) in [5.41, 5.74) is 0.113. The van der Waals surface area contributed by atoms with Crippen molar-refractivity contribution >= 4 is 50.2 Å². The van der Waals surface area contributed by atoms with Crippen molar-refractivity contribution in [3.8, 4) is 0 Å². The molecule has 0 atom stereocenters. The van der Waals surface area contributed by atoms with Gasteiger partial charge in [0.05, 0.1) is 16.9 Å². The first-order chi connectivity index (χ1) is 12.4. The molecule has 3 aromatic rings. The van der Waals surface area contributed by atoms with E-state index >= 15 is 0 Å². The largest absolute Gasteiger partial charge is 0.320 e. The van der Waals surface area contributed by atoms with Crippen LogP contribution in [0, 0.1) is 5.82 Å². The van der Waals surface area contributed by atoms with Gasteiger partial charge in [-0.25, -0.2) is 12.8 Å². The van der Waals surface area contributed by atoms with Crippen molar-refractivity contribution in [2.75, 3.05) is 10.0 Å². The third kappa shape index (κ3) is 4.04. The van der Waals surface area contributed by atoms with Crippen LogP contribution in [0.2, 0.25) is 5.02 Å². The van der Waals surface area contributed by atoms with Crippen LogP contribution in [-0.4, -0.2) is 14.3 Å². The molecule has 26 heavy (non-hydrogen) atoms. The van der Waals surface area contributed by atoms with Crippen molar-refractivity contribution in [2.24, 2.45) is 0 Å². The van der Waals surface area contributed by atoms with Crippen LogP contribution < -0.4 is 10.0 Å². The molecule has 0 saturated carbocycles. The van der Waals surface area contributed by atoms with Gasteiger partial charge in [-0.2, -0.15) is 0 Å². The number of carbonyl (C=O) groups is 1. The zero-order chi connectivity index (χ0) is 18.7. The van der Waals surface area contributed by atoms with Crippen molar-refractivity contribution in [1.82, 2.24) is 0 Å². The Labute approximate surface area is 158 Å². The van der Waals surface area contributed by atoms with Crippen LogP contribution in [0.4, 0.5) is 15.8 Å². The number of carbonyl (C=O) groups excluding carboxylic acids is 1. The number of hydrogen-bond acceptors (Lipinski definition) is 4. The summed E-state index contributed by atoms with van der Waals surface area (Å²) in [7, 11) is -3.79. The Balaban J connectivity index is 1.88. The zero-order valence-corrected chi connectivity index (χ0v) is 15.5. The lowest BCUT2D eigenvalue weighted by molar-refractivity contribution is 0.102. The molecule has 1 amide bonds. The van der Waals surface area contributed by atoms with Crippen LogP contribution in [0.25, 0.3) is 0 Å². The number of para-hydroxylation sites is 2. The number of anilines is 2. The van der Waals surface area contributed by atoms with Gasteiger partial charge in [0.1, 0.15) is 10.0 Å². The average molecular weight is 411 g/mol. The fourth-order valence-corrected chi connectivity index (χ4v) is 4.40. The fraction of sp³-hybridized carbons (Fsp3) is 0. The highest BCUT2D eigenvalue weighted by molar-refractivity contribution is 7.94. The van der Waals surface area contributed by atoms with Gasteiger partial charge < -0.3 is 5.32 Å². The van der Waals surface area contributed by atoms with Crippen LogP contribution in [0.3, 0.4) is 0 Å². The Morgan fingerprint density at radius 3 is 2.46 bits per heavy atom. The summed E-state index contributed by atoms with van der Waals surface area (Å²) in [6.07, 6.45) is 0. The number of amides is 1. The maximum Gasteiger partial charge on any atom is 0.271 e. The van der Waals surface area contributed by atoms with Crippen LogP contribution in [0.5, 0.6) is 0 Å². The van der Waals surface area contributed by atoms with Crippen LogP contribution in [-0.2, 0) is 10.0 Å². The molecule has 1 aromatic heterocycles. The quantitative estimate of drug-likeness (QED) is 0.645. The maximum absolute atomic E-state index is 13.9. The number of benzene rings is 2. The molecule has 0 spiro atoms. The fourth-order valence-electron chi connectivity index (χ4n) is 2.15. The van der Waals surface area contributed by atoms with Gasteiger partial charge in [0.2, 0.25) is 0 Å². The summed E-state index contributed by atoms with van der Waals surface area (Å²) in [6, 6.07) is 12.9. The molecule has 0 bridgehead atoms. The summed E-state index contributed by atoms with van der Waals surface area (Å²) >= 11 is 6.87. The molecule has 5 nitrogen and oxygen atoms in total. The first kappa shape index (κ1) is 18.4. The Morgan fingerprint density at radius 1 is 1.04 bits per heavy atom. The third-order valence-corrected chi connectivity index (χ3v) is 6.35. The Bertz CT molecular complexity index is 1050. The van der Waals surface area contributed by atoms with Gasteiger partial charge in [0.25, 0.3) is 15.9 Å². The highest BCUT2D eigenvalue weighted by Crippen LogP contribution is 2.27. The van der Waals surface area contributed by atoms with Gasteiger partial charge in [-0.1, -0.05) is 29.8 Å². The van der Waals surface area contributed by atoms with Crippen LogP contribution in [0.1, 0.15) is 10.4 Å². The first-order valence-corrected chi connectivity index (χ1v) is 10.0. The minimum atomic E-state index is -3.79. The highest BCUT2D eigenvalue weighted by atomic mass is 35.5. The molecule has 0 aliphatic carbocycles. The Hall–Kier alpha value is -2.42. The van der Waals surface area contributed by atoms with Gasteiger partial charge >= 0.3 is 0 Å². The van der Waals surface area contributed by atoms with Crippen molar-refractivity contribution in [3.05, 3.63) is 76.4 Å². The molecule has 2 N–H and O–H groups in total. The lowest BCUT2D eigenvalue weighted by Crippen LogP contribution is -2.17. The molecular formula is C17H12ClFN2O3S2. The molecule has 0 aliphatic rings. The molecular weight excluding hydrogens is 399 g/mol. The minimum Gasteiger partial charge on any atom is -0.320 e. The predicted octanol–water partition coefficient (Wildman–Crippen LogP) is 4.59. The van der Waals surface area contributed by atoms with Gasteiger partial charge in [0.15, 0.2) is 0 Å². The number of rotatable bonds is 5. The van der Waals surface area contributed by atoms with E-state index in [0.29, 0.717) is 0 Å². The van der Waals surface area contributed by atoms with E-state index in [4.69, 9.17) is 11.6 Å². The summed E-state index contributed by atoms with van der Waals surface area (Å²) in [6.45, 7) is 0. The second-order valence-electron chi connectivity index (χ2n) is 5.16. The standard InChI is InChI=1S/C17H12ClFN2O3S2/c18-11-7-8-13(19)12(10-11)17(22)20-14-4-1-2-5-15(14)21-26(23,24)16-6-3-9-25-16/h1-10,21H,(H,20,22). The number of sulfonamides is 1. The van der Waals surface area contributed by atoms with Crippen molar-refractivity contribution in [3.63, 3.8) is 0 Å². The monoisotopic (exact) mass is 410 g/mol. The zero-order valence-electron chi connectivity index (χ0n) is 13.1. The van der Waals surface area contributed by atoms with Crippen molar-refractivity contribution in [1.29, 1.82) is 0 Å². The number of thiophene rings is 1. The van der Waals surface area contributed by atoms with E-state index < -0.39 is 21.7 Å². The lowest BCUT2D eigenvalue weighted by atomic mass is 10.2. The first-order valence-electron chi connectivity index (χ1n) is 7.28. The Morgan fingerprint density at radius 2 is 1.77 bits per heavy atom. The third-order valence-electron chi connectivity index (χ3n) is 3.35. The molecule has 2 aromatic carbocycles. The summed E-state index contributed by atoms with van der Waals surface area (Å²) < 4.78 is 41.2. The maximum atomic E-state index is 13.9. The molecule has 3 rings (SSSR count). The van der Waals surface area contributed by atoms with Crippen molar-refractivity contribution < 1.29 is 17.6 Å². The van der Waals surface area contributed by atoms with E-state index in [1.807, 2.05) is 0 Å². The van der Waals surface area contributed by atoms with Gasteiger partial charge in [-0.3, -0.25) is 9.52 Å². The van der Waals surface area contributed by atoms with E-state index in [0.717, 1.165) is 17.4 Å². The number of nitrogens with one attached hydrogen (secondary N) is 2. The molecule has 0 unspecified atom stereocenters. The smallest absolute Gasteiger partial charge is 0.271 e. The highest BCUT2D eigenvalue weighted by Gasteiger charge is 2.19. The van der Waals surface area contributed by atoms with Crippen LogP contribution in [0.15, 0.2) is 64.2 Å². The van der Waals surface area contributed by atoms with E-state index in [1.54, 1.807) is 23.6 Å².